The zero-order valence-corrected chi connectivity index (χ0v) is 15.5. The third-order valence-electron chi connectivity index (χ3n) is 4.67. The fourth-order valence-electron chi connectivity index (χ4n) is 3.09. The van der Waals surface area contributed by atoms with Gasteiger partial charge in [0.05, 0.1) is 5.69 Å². The molecule has 1 fully saturated rings. The first-order valence-corrected chi connectivity index (χ1v) is 9.09. The Morgan fingerprint density at radius 1 is 1.30 bits per heavy atom. The number of hydrogen-bond donors (Lipinski definition) is 3. The second kappa shape index (κ2) is 8.20. The van der Waals surface area contributed by atoms with Gasteiger partial charge >= 0.3 is 6.03 Å². The number of carbonyl (C=O) groups is 2. The second-order valence-corrected chi connectivity index (χ2v) is 7.07. The molecule has 1 aliphatic heterocycles. The second-order valence-electron chi connectivity index (χ2n) is 7.07. The van der Waals surface area contributed by atoms with Gasteiger partial charge in [0, 0.05) is 42.5 Å². The van der Waals surface area contributed by atoms with Gasteiger partial charge in [0.25, 0.3) is 0 Å². The fraction of sp³-hybridized carbons (Fsp3) is 0.421. The number of piperidine rings is 1. The van der Waals surface area contributed by atoms with E-state index in [0.29, 0.717) is 18.8 Å². The molecule has 1 saturated heterocycles. The van der Waals surface area contributed by atoms with Gasteiger partial charge in [-0.2, -0.15) is 5.10 Å². The Morgan fingerprint density at radius 2 is 2.11 bits per heavy atom. The largest absolute Gasteiger partial charge is 0.324 e. The van der Waals surface area contributed by atoms with Crippen LogP contribution >= 0.6 is 0 Å². The summed E-state index contributed by atoms with van der Waals surface area (Å²) in [6.07, 6.45) is 3.60. The highest BCUT2D eigenvalue weighted by Crippen LogP contribution is 2.26. The van der Waals surface area contributed by atoms with Gasteiger partial charge in [0.2, 0.25) is 5.91 Å². The van der Waals surface area contributed by atoms with Crippen LogP contribution in [0.4, 0.5) is 20.6 Å². The Morgan fingerprint density at radius 3 is 2.81 bits per heavy atom. The van der Waals surface area contributed by atoms with Crippen molar-refractivity contribution < 1.29 is 14.0 Å². The highest BCUT2D eigenvalue weighted by atomic mass is 19.1. The Bertz CT molecular complexity index is 806. The van der Waals surface area contributed by atoms with E-state index in [1.54, 1.807) is 24.9 Å². The van der Waals surface area contributed by atoms with Gasteiger partial charge < -0.3 is 15.5 Å². The number of hydrogen-bond acceptors (Lipinski definition) is 3. The Kier molecular flexibility index (Phi) is 5.73. The summed E-state index contributed by atoms with van der Waals surface area (Å²) in [5, 5.41) is 12.3. The highest BCUT2D eigenvalue weighted by molar-refractivity contribution is 5.94. The standard InChI is InChI=1S/C19H24FN5O2/c1-12(2)18(26)23-17-10-14(5-6-15(17)20)22-19(27)25-9-3-4-13(11-25)16-7-8-21-24-16/h5-8,10,12-13H,3-4,9,11H2,1-2H3,(H,21,24)(H,22,27)(H,23,26). The summed E-state index contributed by atoms with van der Waals surface area (Å²) in [5.41, 5.74) is 1.51. The molecule has 1 aromatic carbocycles. The lowest BCUT2D eigenvalue weighted by Gasteiger charge is -2.32. The summed E-state index contributed by atoms with van der Waals surface area (Å²) in [6.45, 7) is 4.71. The van der Waals surface area contributed by atoms with Crippen molar-refractivity contribution in [3.8, 4) is 0 Å². The van der Waals surface area contributed by atoms with E-state index in [-0.39, 0.29) is 29.5 Å². The predicted octanol–water partition coefficient (Wildman–Crippen LogP) is 3.55. The van der Waals surface area contributed by atoms with Crippen LogP contribution in [0.5, 0.6) is 0 Å². The van der Waals surface area contributed by atoms with Crippen molar-refractivity contribution in [1.82, 2.24) is 15.1 Å². The molecular weight excluding hydrogens is 349 g/mol. The van der Waals surface area contributed by atoms with Gasteiger partial charge in [0.15, 0.2) is 0 Å². The zero-order valence-electron chi connectivity index (χ0n) is 15.5. The smallest absolute Gasteiger partial charge is 0.321 e. The highest BCUT2D eigenvalue weighted by Gasteiger charge is 2.25. The first-order valence-electron chi connectivity index (χ1n) is 9.09. The normalized spacial score (nSPS) is 17.0. The number of H-pyrrole nitrogens is 1. The van der Waals surface area contributed by atoms with E-state index in [4.69, 9.17) is 0 Å². The maximum absolute atomic E-state index is 13.9. The molecule has 1 aromatic heterocycles. The molecular formula is C19H24FN5O2. The Hall–Kier alpha value is -2.90. The first kappa shape index (κ1) is 18.9. The number of nitrogens with one attached hydrogen (secondary N) is 3. The molecule has 0 bridgehead atoms. The molecule has 7 nitrogen and oxygen atoms in total. The van der Waals surface area contributed by atoms with E-state index in [1.807, 2.05) is 6.07 Å². The van der Waals surface area contributed by atoms with Gasteiger partial charge in [-0.1, -0.05) is 13.8 Å². The molecule has 0 aliphatic carbocycles. The van der Waals surface area contributed by atoms with Crippen LogP contribution in [0.3, 0.4) is 0 Å². The average molecular weight is 373 g/mol. The Labute approximate surface area is 157 Å². The monoisotopic (exact) mass is 373 g/mol. The summed E-state index contributed by atoms with van der Waals surface area (Å²) >= 11 is 0. The van der Waals surface area contributed by atoms with Crippen molar-refractivity contribution in [1.29, 1.82) is 0 Å². The van der Waals surface area contributed by atoms with Crippen LogP contribution in [0, 0.1) is 11.7 Å². The molecule has 2 aromatic rings. The molecule has 27 heavy (non-hydrogen) atoms. The zero-order chi connectivity index (χ0) is 19.4. The van der Waals surface area contributed by atoms with E-state index >= 15 is 0 Å². The minimum Gasteiger partial charge on any atom is -0.324 e. The number of rotatable bonds is 4. The number of nitrogens with zero attached hydrogens (tertiary/aromatic N) is 2. The van der Waals surface area contributed by atoms with E-state index in [1.165, 1.54) is 18.2 Å². The molecule has 0 radical (unpaired) electrons. The minimum atomic E-state index is -0.542. The molecule has 1 atom stereocenters. The van der Waals surface area contributed by atoms with Crippen molar-refractivity contribution in [2.24, 2.45) is 5.92 Å². The molecule has 1 unspecified atom stereocenters. The van der Waals surface area contributed by atoms with Crippen LogP contribution < -0.4 is 10.6 Å². The van der Waals surface area contributed by atoms with E-state index < -0.39 is 5.82 Å². The van der Waals surface area contributed by atoms with Gasteiger partial charge in [-0.15, -0.1) is 0 Å². The number of halogens is 1. The maximum Gasteiger partial charge on any atom is 0.321 e. The van der Waals surface area contributed by atoms with E-state index in [9.17, 15) is 14.0 Å². The number of amides is 3. The molecule has 8 heteroatoms. The minimum absolute atomic E-state index is 0.0560. The third kappa shape index (κ3) is 4.64. The molecule has 1 aliphatic rings. The van der Waals surface area contributed by atoms with Gasteiger partial charge in [0.1, 0.15) is 5.82 Å². The van der Waals surface area contributed by atoms with Crippen molar-refractivity contribution in [3.63, 3.8) is 0 Å². The maximum atomic E-state index is 13.9. The van der Waals surface area contributed by atoms with Crippen molar-refractivity contribution in [3.05, 3.63) is 42.0 Å². The summed E-state index contributed by atoms with van der Waals surface area (Å²) < 4.78 is 13.9. The molecule has 3 amide bonds. The number of urea groups is 1. The average Bonchev–Trinajstić information content (AvgIpc) is 3.19. The van der Waals surface area contributed by atoms with Crippen LogP contribution in [0.1, 0.15) is 38.3 Å². The Balaban J connectivity index is 1.66. The van der Waals surface area contributed by atoms with Crippen LogP contribution in [0.15, 0.2) is 30.5 Å². The molecule has 144 valence electrons. The summed E-state index contributed by atoms with van der Waals surface area (Å²) in [7, 11) is 0. The van der Waals surface area contributed by atoms with Crippen LogP contribution in [-0.4, -0.2) is 40.1 Å². The fourth-order valence-corrected chi connectivity index (χ4v) is 3.09. The van der Waals surface area contributed by atoms with Gasteiger partial charge in [-0.05, 0) is 37.1 Å². The van der Waals surface area contributed by atoms with E-state index in [2.05, 4.69) is 20.8 Å². The summed E-state index contributed by atoms with van der Waals surface area (Å²) in [5.74, 6) is -0.869. The van der Waals surface area contributed by atoms with Crippen LogP contribution in [-0.2, 0) is 4.79 Å². The van der Waals surface area contributed by atoms with E-state index in [0.717, 1.165) is 18.5 Å². The number of anilines is 2. The molecule has 3 N–H and O–H groups in total. The molecule has 0 spiro atoms. The number of aromatic nitrogens is 2. The first-order chi connectivity index (χ1) is 12.9. The number of carbonyl (C=O) groups excluding carboxylic acids is 2. The van der Waals surface area contributed by atoms with Gasteiger partial charge in [-0.25, -0.2) is 9.18 Å². The molecule has 3 rings (SSSR count). The summed E-state index contributed by atoms with van der Waals surface area (Å²) in [4.78, 5) is 26.2. The quantitative estimate of drug-likeness (QED) is 0.765. The van der Waals surface area contributed by atoms with Crippen molar-refractivity contribution in [2.75, 3.05) is 23.7 Å². The topological polar surface area (TPSA) is 90.1 Å². The summed E-state index contributed by atoms with van der Waals surface area (Å²) in [6, 6.07) is 5.83. The van der Waals surface area contributed by atoms with Crippen LogP contribution in [0.25, 0.3) is 0 Å². The third-order valence-corrected chi connectivity index (χ3v) is 4.67. The number of benzene rings is 1. The predicted molar refractivity (Wildman–Crippen MR) is 101 cm³/mol. The SMILES string of the molecule is CC(C)C(=O)Nc1cc(NC(=O)N2CCCC(c3ccn[nH]3)C2)ccc1F. The lowest BCUT2D eigenvalue weighted by Crippen LogP contribution is -2.41. The van der Waals surface area contributed by atoms with Crippen molar-refractivity contribution in [2.45, 2.75) is 32.6 Å². The number of aromatic amines is 1. The molecule has 2 heterocycles. The van der Waals surface area contributed by atoms with Gasteiger partial charge in [-0.3, -0.25) is 9.89 Å². The number of likely N-dealkylation sites (tertiary alicyclic amines) is 1. The lowest BCUT2D eigenvalue weighted by atomic mass is 9.95. The molecule has 0 saturated carbocycles. The van der Waals surface area contributed by atoms with Crippen LogP contribution in [0.2, 0.25) is 0 Å². The lowest BCUT2D eigenvalue weighted by molar-refractivity contribution is -0.118. The van der Waals surface area contributed by atoms with Crippen molar-refractivity contribution >= 4 is 23.3 Å².